The van der Waals surface area contributed by atoms with Crippen LogP contribution >= 0.6 is 11.3 Å². The van der Waals surface area contributed by atoms with Crippen molar-refractivity contribution < 1.29 is 17.9 Å². The van der Waals surface area contributed by atoms with Gasteiger partial charge in [-0.05, 0) is 48.6 Å². The van der Waals surface area contributed by atoms with Gasteiger partial charge < -0.3 is 9.47 Å². The topological polar surface area (TPSA) is 81.9 Å². The minimum atomic E-state index is -3.67. The molecular formula is C18H24N2O4S2. The summed E-state index contributed by atoms with van der Waals surface area (Å²) in [5.41, 5.74) is 0. The Labute approximate surface area is 158 Å². The van der Waals surface area contributed by atoms with E-state index in [9.17, 15) is 8.42 Å². The third kappa shape index (κ3) is 5.78. The molecule has 2 heterocycles. The lowest BCUT2D eigenvalue weighted by Gasteiger charge is -2.24. The highest BCUT2D eigenvalue weighted by Gasteiger charge is 2.19. The number of primary sulfonamides is 1. The number of nitrogens with zero attached hydrogens (tertiary/aromatic N) is 1. The van der Waals surface area contributed by atoms with Gasteiger partial charge in [-0.15, -0.1) is 11.3 Å². The molecule has 1 aromatic carbocycles. The molecule has 1 aliphatic rings. The first-order valence-corrected chi connectivity index (χ1v) is 11.1. The Kier molecular flexibility index (Phi) is 6.66. The molecule has 0 amide bonds. The van der Waals surface area contributed by atoms with Gasteiger partial charge in [0.2, 0.25) is 10.0 Å². The molecule has 26 heavy (non-hydrogen) atoms. The number of ether oxygens (including phenoxy) is 2. The third-order valence-corrected chi connectivity index (χ3v) is 6.06. The van der Waals surface area contributed by atoms with E-state index >= 15 is 0 Å². The number of nitrogens with two attached hydrogens (primary N) is 1. The van der Waals surface area contributed by atoms with E-state index in [1.807, 2.05) is 0 Å². The van der Waals surface area contributed by atoms with Crippen molar-refractivity contribution in [3.05, 3.63) is 46.7 Å². The van der Waals surface area contributed by atoms with Gasteiger partial charge in [-0.3, -0.25) is 4.90 Å². The van der Waals surface area contributed by atoms with Gasteiger partial charge in [-0.2, -0.15) is 0 Å². The van der Waals surface area contributed by atoms with Gasteiger partial charge in [0.25, 0.3) is 0 Å². The maximum absolute atomic E-state index is 11.3. The van der Waals surface area contributed by atoms with Crippen LogP contribution in [0.25, 0.3) is 0 Å². The molecule has 3 rings (SSSR count). The van der Waals surface area contributed by atoms with Crippen LogP contribution in [0, 0.1) is 0 Å². The zero-order valence-corrected chi connectivity index (χ0v) is 16.2. The van der Waals surface area contributed by atoms with Crippen LogP contribution in [-0.2, 0) is 21.3 Å². The Hall–Kier alpha value is -1.45. The summed E-state index contributed by atoms with van der Waals surface area (Å²) in [6, 6.07) is 10.4. The molecule has 6 nitrogen and oxygen atoms in total. The van der Waals surface area contributed by atoms with E-state index in [2.05, 4.69) is 22.4 Å². The highest BCUT2D eigenvalue weighted by molar-refractivity contribution is 7.89. The summed E-state index contributed by atoms with van der Waals surface area (Å²) in [6.07, 6.45) is 2.53. The molecule has 1 atom stereocenters. The maximum Gasteiger partial charge on any atom is 0.238 e. The average molecular weight is 397 g/mol. The molecule has 1 unspecified atom stereocenters. The van der Waals surface area contributed by atoms with Crippen molar-refractivity contribution in [2.45, 2.75) is 30.4 Å². The lowest BCUT2D eigenvalue weighted by Crippen LogP contribution is -2.34. The Bertz CT molecular complexity index is 770. The quantitative estimate of drug-likeness (QED) is 0.704. The van der Waals surface area contributed by atoms with Crippen LogP contribution in [0.15, 0.2) is 46.7 Å². The van der Waals surface area contributed by atoms with Crippen LogP contribution < -0.4 is 9.88 Å². The monoisotopic (exact) mass is 396 g/mol. The molecular weight excluding hydrogens is 372 g/mol. The molecule has 0 radical (unpaired) electrons. The number of hydrogen-bond donors (Lipinski definition) is 1. The van der Waals surface area contributed by atoms with E-state index in [1.54, 1.807) is 23.5 Å². The SMILES string of the molecule is NS(=O)(=O)c1ccc(OCCN(Cc2cccs2)CC2CCCO2)cc1. The summed E-state index contributed by atoms with van der Waals surface area (Å²) in [5, 5.41) is 7.19. The van der Waals surface area contributed by atoms with E-state index in [0.717, 1.165) is 39.1 Å². The highest BCUT2D eigenvalue weighted by Crippen LogP contribution is 2.18. The summed E-state index contributed by atoms with van der Waals surface area (Å²) in [5.74, 6) is 0.630. The van der Waals surface area contributed by atoms with Crippen LogP contribution in [-0.4, -0.2) is 45.7 Å². The van der Waals surface area contributed by atoms with Gasteiger partial charge in [-0.1, -0.05) is 6.07 Å². The Morgan fingerprint density at radius 1 is 1.27 bits per heavy atom. The van der Waals surface area contributed by atoms with E-state index < -0.39 is 10.0 Å². The first kappa shape index (κ1) is 19.3. The van der Waals surface area contributed by atoms with Gasteiger partial charge >= 0.3 is 0 Å². The highest BCUT2D eigenvalue weighted by atomic mass is 32.2. The second-order valence-electron chi connectivity index (χ2n) is 6.31. The average Bonchev–Trinajstić information content (AvgIpc) is 3.28. The number of sulfonamides is 1. The smallest absolute Gasteiger partial charge is 0.238 e. The zero-order chi connectivity index (χ0) is 18.4. The lowest BCUT2D eigenvalue weighted by molar-refractivity contribution is 0.0657. The van der Waals surface area contributed by atoms with Crippen molar-refractivity contribution in [3.8, 4) is 5.75 Å². The summed E-state index contributed by atoms with van der Waals surface area (Å²) in [7, 11) is -3.67. The van der Waals surface area contributed by atoms with Crippen LogP contribution in [0.3, 0.4) is 0 Å². The summed E-state index contributed by atoms with van der Waals surface area (Å²) >= 11 is 1.75. The largest absolute Gasteiger partial charge is 0.492 e. The van der Waals surface area contributed by atoms with Crippen molar-refractivity contribution in [1.82, 2.24) is 4.90 Å². The van der Waals surface area contributed by atoms with Crippen LogP contribution in [0.4, 0.5) is 0 Å². The molecule has 8 heteroatoms. The number of benzene rings is 1. The van der Waals surface area contributed by atoms with Crippen molar-refractivity contribution in [3.63, 3.8) is 0 Å². The molecule has 142 valence electrons. The van der Waals surface area contributed by atoms with Crippen molar-refractivity contribution in [1.29, 1.82) is 0 Å². The van der Waals surface area contributed by atoms with Gasteiger partial charge in [0, 0.05) is 31.1 Å². The second-order valence-corrected chi connectivity index (χ2v) is 8.91. The first-order chi connectivity index (χ1) is 12.5. The molecule has 2 N–H and O–H groups in total. The molecule has 1 saturated heterocycles. The van der Waals surface area contributed by atoms with Crippen LogP contribution in [0.1, 0.15) is 17.7 Å². The molecule has 2 aromatic rings. The lowest BCUT2D eigenvalue weighted by atomic mass is 10.2. The number of hydrogen-bond acceptors (Lipinski definition) is 6. The molecule has 0 saturated carbocycles. The molecule has 1 aliphatic heterocycles. The fourth-order valence-electron chi connectivity index (χ4n) is 2.95. The normalized spacial score (nSPS) is 17.7. The van der Waals surface area contributed by atoms with Crippen molar-refractivity contribution in [2.24, 2.45) is 5.14 Å². The van der Waals surface area contributed by atoms with E-state index in [-0.39, 0.29) is 4.90 Å². The molecule has 0 spiro atoms. The molecule has 0 aliphatic carbocycles. The predicted molar refractivity (Wildman–Crippen MR) is 102 cm³/mol. The summed E-state index contributed by atoms with van der Waals surface area (Å²) < 4.78 is 34.1. The van der Waals surface area contributed by atoms with Crippen molar-refractivity contribution >= 4 is 21.4 Å². The van der Waals surface area contributed by atoms with Gasteiger partial charge in [0.1, 0.15) is 12.4 Å². The summed E-state index contributed by atoms with van der Waals surface area (Å²) in [4.78, 5) is 3.75. The van der Waals surface area contributed by atoms with E-state index in [0.29, 0.717) is 18.5 Å². The summed E-state index contributed by atoms with van der Waals surface area (Å²) in [6.45, 7) is 3.92. The molecule has 1 fully saturated rings. The standard InChI is InChI=1S/C18H24N2O4S2/c19-26(21,22)18-7-5-15(6-8-18)24-11-9-20(13-16-3-1-10-23-16)14-17-4-2-12-25-17/h2,4-8,12,16H,1,3,9-11,13-14H2,(H2,19,21,22). The predicted octanol–water partition coefficient (Wildman–Crippen LogP) is 2.46. The Morgan fingerprint density at radius 3 is 2.69 bits per heavy atom. The van der Waals surface area contributed by atoms with Gasteiger partial charge in [-0.25, -0.2) is 13.6 Å². The third-order valence-electron chi connectivity index (χ3n) is 4.27. The number of rotatable bonds is 9. The van der Waals surface area contributed by atoms with Crippen LogP contribution in [0.2, 0.25) is 0 Å². The Balaban J connectivity index is 1.53. The van der Waals surface area contributed by atoms with Crippen molar-refractivity contribution in [2.75, 3.05) is 26.3 Å². The van der Waals surface area contributed by atoms with Gasteiger partial charge in [0.15, 0.2) is 0 Å². The molecule has 0 bridgehead atoms. The van der Waals surface area contributed by atoms with E-state index in [1.165, 1.54) is 17.0 Å². The van der Waals surface area contributed by atoms with E-state index in [4.69, 9.17) is 14.6 Å². The van der Waals surface area contributed by atoms with Crippen LogP contribution in [0.5, 0.6) is 5.75 Å². The fourth-order valence-corrected chi connectivity index (χ4v) is 4.21. The van der Waals surface area contributed by atoms with Gasteiger partial charge in [0.05, 0.1) is 11.0 Å². The Morgan fingerprint density at radius 2 is 2.08 bits per heavy atom. The maximum atomic E-state index is 11.3. The number of thiophene rings is 1. The minimum absolute atomic E-state index is 0.0857. The first-order valence-electron chi connectivity index (χ1n) is 8.63. The zero-order valence-electron chi connectivity index (χ0n) is 14.5. The minimum Gasteiger partial charge on any atom is -0.492 e. The molecule has 1 aromatic heterocycles. The fraction of sp³-hybridized carbons (Fsp3) is 0.444. The second kappa shape index (κ2) is 8.96.